The Hall–Kier alpha value is -2.42. The van der Waals surface area contributed by atoms with Crippen molar-refractivity contribution in [3.63, 3.8) is 0 Å². The molecule has 3 rings (SSSR count). The lowest BCUT2D eigenvalue weighted by atomic mass is 10.1. The summed E-state index contributed by atoms with van der Waals surface area (Å²) in [5.74, 6) is 0.0664. The van der Waals surface area contributed by atoms with E-state index in [4.69, 9.17) is 0 Å². The molecule has 0 fully saturated rings. The molecule has 0 bridgehead atoms. The Labute approximate surface area is 117 Å². The van der Waals surface area contributed by atoms with Gasteiger partial charge in [0.2, 0.25) is 0 Å². The van der Waals surface area contributed by atoms with Crippen molar-refractivity contribution in [3.05, 3.63) is 65.7 Å². The second-order valence-electron chi connectivity index (χ2n) is 4.87. The van der Waals surface area contributed by atoms with Gasteiger partial charge >= 0.3 is 0 Å². The largest absolute Gasteiger partial charge is 0.308 e. The zero-order chi connectivity index (χ0) is 13.9. The molecule has 1 aliphatic heterocycles. The molecule has 3 nitrogen and oxygen atoms in total. The number of anilines is 1. The maximum atomic E-state index is 12.6. The van der Waals surface area contributed by atoms with Gasteiger partial charge in [-0.05, 0) is 30.7 Å². The maximum Gasteiger partial charge on any atom is 0.258 e. The predicted octanol–water partition coefficient (Wildman–Crippen LogP) is 3.31. The van der Waals surface area contributed by atoms with Crippen molar-refractivity contribution in [3.8, 4) is 0 Å². The van der Waals surface area contributed by atoms with E-state index in [9.17, 15) is 9.59 Å². The SMILES string of the molecule is O=C1CCCN(C(=O)c2ccccc2)c2ccccc21. The van der Waals surface area contributed by atoms with Gasteiger partial charge in [-0.3, -0.25) is 9.59 Å². The molecule has 0 spiro atoms. The minimum Gasteiger partial charge on any atom is -0.308 e. The molecule has 0 unspecified atom stereocenters. The third kappa shape index (κ3) is 2.23. The van der Waals surface area contributed by atoms with Gasteiger partial charge in [0, 0.05) is 24.1 Å². The van der Waals surface area contributed by atoms with Crippen molar-refractivity contribution in [1.29, 1.82) is 0 Å². The smallest absolute Gasteiger partial charge is 0.258 e. The zero-order valence-electron chi connectivity index (χ0n) is 11.1. The summed E-state index contributed by atoms with van der Waals surface area (Å²) in [5.41, 5.74) is 2.02. The fourth-order valence-corrected chi connectivity index (χ4v) is 2.55. The maximum absolute atomic E-state index is 12.6. The molecule has 0 aromatic heterocycles. The molecule has 2 aromatic rings. The molecule has 3 heteroatoms. The Balaban J connectivity index is 2.04. The van der Waals surface area contributed by atoms with E-state index in [0.29, 0.717) is 30.5 Å². The van der Waals surface area contributed by atoms with Gasteiger partial charge in [0.05, 0.1) is 5.69 Å². The number of Topliss-reactive ketones (excluding diaryl/α,β-unsaturated/α-hetero) is 1. The monoisotopic (exact) mass is 265 g/mol. The van der Waals surface area contributed by atoms with Gasteiger partial charge in [-0.1, -0.05) is 30.3 Å². The summed E-state index contributed by atoms with van der Waals surface area (Å²) in [5, 5.41) is 0. The van der Waals surface area contributed by atoms with E-state index in [0.717, 1.165) is 5.69 Å². The lowest BCUT2D eigenvalue weighted by molar-refractivity contribution is 0.0974. The predicted molar refractivity (Wildman–Crippen MR) is 78.1 cm³/mol. The molecule has 0 N–H and O–H groups in total. The van der Waals surface area contributed by atoms with E-state index in [2.05, 4.69) is 0 Å². The number of carbonyl (C=O) groups excluding carboxylic acids is 2. The van der Waals surface area contributed by atoms with Crippen LogP contribution in [0.3, 0.4) is 0 Å². The first kappa shape index (κ1) is 12.6. The molecule has 0 radical (unpaired) electrons. The zero-order valence-corrected chi connectivity index (χ0v) is 11.1. The number of fused-ring (bicyclic) bond motifs is 1. The Morgan fingerprint density at radius 1 is 0.950 bits per heavy atom. The summed E-state index contributed by atoms with van der Waals surface area (Å²) in [6.07, 6.45) is 1.20. The Bertz CT molecular complexity index is 649. The van der Waals surface area contributed by atoms with Crippen LogP contribution in [0.15, 0.2) is 54.6 Å². The Morgan fingerprint density at radius 2 is 1.65 bits per heavy atom. The van der Waals surface area contributed by atoms with Crippen molar-refractivity contribution >= 4 is 17.4 Å². The molecular weight excluding hydrogens is 250 g/mol. The van der Waals surface area contributed by atoms with E-state index in [-0.39, 0.29) is 11.7 Å². The van der Waals surface area contributed by atoms with Crippen LogP contribution >= 0.6 is 0 Å². The van der Waals surface area contributed by atoms with E-state index in [1.807, 2.05) is 36.4 Å². The van der Waals surface area contributed by atoms with Gasteiger partial charge < -0.3 is 4.90 Å². The molecule has 1 aliphatic rings. The van der Waals surface area contributed by atoms with E-state index in [1.54, 1.807) is 23.1 Å². The highest BCUT2D eigenvalue weighted by atomic mass is 16.2. The number of benzene rings is 2. The molecule has 100 valence electrons. The lowest BCUT2D eigenvalue weighted by Crippen LogP contribution is -2.31. The highest BCUT2D eigenvalue weighted by molar-refractivity contribution is 6.11. The minimum absolute atomic E-state index is 0.0484. The summed E-state index contributed by atoms with van der Waals surface area (Å²) in [6, 6.07) is 16.5. The third-order valence-corrected chi connectivity index (χ3v) is 3.55. The van der Waals surface area contributed by atoms with Crippen LogP contribution in [0.4, 0.5) is 5.69 Å². The minimum atomic E-state index is -0.0484. The molecule has 0 aliphatic carbocycles. The van der Waals surface area contributed by atoms with Gasteiger partial charge in [0.1, 0.15) is 0 Å². The summed E-state index contributed by atoms with van der Waals surface area (Å²) < 4.78 is 0. The standard InChI is InChI=1S/C17H15NO2/c19-16-11-6-12-18(15-10-5-4-9-14(15)16)17(20)13-7-2-1-3-8-13/h1-5,7-10H,6,11-12H2. The number of rotatable bonds is 1. The van der Waals surface area contributed by atoms with Gasteiger partial charge in [-0.25, -0.2) is 0 Å². The van der Waals surface area contributed by atoms with Crippen LogP contribution in [0, 0.1) is 0 Å². The normalized spacial score (nSPS) is 14.6. The van der Waals surface area contributed by atoms with Gasteiger partial charge in [0.25, 0.3) is 5.91 Å². The molecule has 1 amide bonds. The highest BCUT2D eigenvalue weighted by Gasteiger charge is 2.25. The number of para-hydroxylation sites is 1. The van der Waals surface area contributed by atoms with Crippen LogP contribution in [-0.2, 0) is 0 Å². The summed E-state index contributed by atoms with van der Waals surface area (Å²) in [6.45, 7) is 0.580. The Kier molecular flexibility index (Phi) is 3.33. The molecule has 20 heavy (non-hydrogen) atoms. The van der Waals surface area contributed by atoms with E-state index >= 15 is 0 Å². The van der Waals surface area contributed by atoms with Crippen LogP contribution in [0.1, 0.15) is 33.6 Å². The average Bonchev–Trinajstić information content (AvgIpc) is 2.67. The van der Waals surface area contributed by atoms with Crippen LogP contribution in [0.2, 0.25) is 0 Å². The topological polar surface area (TPSA) is 37.4 Å². The van der Waals surface area contributed by atoms with Gasteiger partial charge in [-0.15, -0.1) is 0 Å². The van der Waals surface area contributed by atoms with E-state index in [1.165, 1.54) is 0 Å². The number of amides is 1. The second kappa shape index (κ2) is 5.29. The van der Waals surface area contributed by atoms with Crippen molar-refractivity contribution < 1.29 is 9.59 Å². The van der Waals surface area contributed by atoms with Gasteiger partial charge in [0.15, 0.2) is 5.78 Å². The third-order valence-electron chi connectivity index (χ3n) is 3.55. The number of ketones is 1. The van der Waals surface area contributed by atoms with Crippen molar-refractivity contribution in [1.82, 2.24) is 0 Å². The van der Waals surface area contributed by atoms with Crippen LogP contribution < -0.4 is 4.90 Å². The molecular formula is C17H15NO2. The van der Waals surface area contributed by atoms with Crippen molar-refractivity contribution in [2.24, 2.45) is 0 Å². The number of nitrogens with zero attached hydrogens (tertiary/aromatic N) is 1. The van der Waals surface area contributed by atoms with Crippen LogP contribution in [0.5, 0.6) is 0 Å². The van der Waals surface area contributed by atoms with E-state index < -0.39 is 0 Å². The molecule has 0 atom stereocenters. The summed E-state index contributed by atoms with van der Waals surface area (Å²) >= 11 is 0. The summed E-state index contributed by atoms with van der Waals surface area (Å²) in [4.78, 5) is 26.4. The lowest BCUT2D eigenvalue weighted by Gasteiger charge is -2.22. The fraction of sp³-hybridized carbons (Fsp3) is 0.176. The van der Waals surface area contributed by atoms with Crippen LogP contribution in [0.25, 0.3) is 0 Å². The number of hydrogen-bond acceptors (Lipinski definition) is 2. The first-order valence-corrected chi connectivity index (χ1v) is 6.76. The molecule has 2 aromatic carbocycles. The van der Waals surface area contributed by atoms with Gasteiger partial charge in [-0.2, -0.15) is 0 Å². The molecule has 0 saturated heterocycles. The highest BCUT2D eigenvalue weighted by Crippen LogP contribution is 2.27. The first-order chi connectivity index (χ1) is 9.77. The quantitative estimate of drug-likeness (QED) is 0.793. The van der Waals surface area contributed by atoms with Crippen molar-refractivity contribution in [2.45, 2.75) is 12.8 Å². The number of carbonyl (C=O) groups is 2. The summed E-state index contributed by atoms with van der Waals surface area (Å²) in [7, 11) is 0. The first-order valence-electron chi connectivity index (χ1n) is 6.76. The van der Waals surface area contributed by atoms with Crippen molar-refractivity contribution in [2.75, 3.05) is 11.4 Å². The Morgan fingerprint density at radius 3 is 2.45 bits per heavy atom. The number of hydrogen-bond donors (Lipinski definition) is 0. The molecule has 0 saturated carbocycles. The average molecular weight is 265 g/mol. The fourth-order valence-electron chi connectivity index (χ4n) is 2.55. The van der Waals surface area contributed by atoms with Crippen LogP contribution in [-0.4, -0.2) is 18.2 Å². The molecule has 1 heterocycles. The second-order valence-corrected chi connectivity index (χ2v) is 4.87.